The number of nitrogens with zero attached hydrogens (tertiary/aromatic N) is 3. The van der Waals surface area contributed by atoms with Gasteiger partial charge in [-0.1, -0.05) is 12.8 Å². The molecule has 0 N–H and O–H groups in total. The Bertz CT molecular complexity index is 350. The molecule has 0 aliphatic carbocycles. The van der Waals surface area contributed by atoms with Crippen LogP contribution in [-0.4, -0.2) is 85.7 Å². The molecule has 3 heterocycles. The predicted molar refractivity (Wildman–Crippen MR) is 86.9 cm³/mol. The lowest BCUT2D eigenvalue weighted by molar-refractivity contribution is -0.137. The van der Waals surface area contributed by atoms with Crippen LogP contribution in [0, 0.1) is 0 Å². The molecule has 3 aliphatic heterocycles. The molecule has 126 valence electrons. The Balaban J connectivity index is 1.48. The highest BCUT2D eigenvalue weighted by atomic mass is 16.5. The molecule has 1 atom stereocenters. The van der Waals surface area contributed by atoms with Crippen molar-refractivity contribution in [2.45, 2.75) is 44.6 Å². The Morgan fingerprint density at radius 2 is 1.64 bits per heavy atom. The van der Waals surface area contributed by atoms with E-state index in [1.54, 1.807) is 0 Å². The van der Waals surface area contributed by atoms with E-state index in [2.05, 4.69) is 9.80 Å². The molecule has 0 spiro atoms. The highest BCUT2D eigenvalue weighted by molar-refractivity contribution is 5.78. The van der Waals surface area contributed by atoms with Crippen LogP contribution in [0.4, 0.5) is 0 Å². The van der Waals surface area contributed by atoms with Crippen molar-refractivity contribution in [1.29, 1.82) is 0 Å². The lowest BCUT2D eigenvalue weighted by Gasteiger charge is -2.39. The summed E-state index contributed by atoms with van der Waals surface area (Å²) in [6.07, 6.45) is 8.02. The molecule has 0 radical (unpaired) electrons. The van der Waals surface area contributed by atoms with Gasteiger partial charge >= 0.3 is 0 Å². The van der Waals surface area contributed by atoms with Crippen molar-refractivity contribution in [3.63, 3.8) is 0 Å². The zero-order valence-corrected chi connectivity index (χ0v) is 13.8. The van der Waals surface area contributed by atoms with E-state index in [1.165, 1.54) is 51.6 Å². The summed E-state index contributed by atoms with van der Waals surface area (Å²) >= 11 is 0. The lowest BCUT2D eigenvalue weighted by atomic mass is 10.0. The summed E-state index contributed by atoms with van der Waals surface area (Å²) in [6.45, 7) is 8.21. The highest BCUT2D eigenvalue weighted by Gasteiger charge is 2.28. The highest BCUT2D eigenvalue weighted by Crippen LogP contribution is 2.20. The first kappa shape index (κ1) is 16.2. The lowest BCUT2D eigenvalue weighted by Crippen LogP contribution is -2.52. The molecular formula is C17H31N3O2. The van der Waals surface area contributed by atoms with Crippen LogP contribution in [0.15, 0.2) is 0 Å². The monoisotopic (exact) mass is 309 g/mol. The molecule has 1 unspecified atom stereocenters. The largest absolute Gasteiger partial charge is 0.378 e. The molecule has 0 aromatic rings. The first-order valence-corrected chi connectivity index (χ1v) is 9.15. The van der Waals surface area contributed by atoms with E-state index in [0.29, 0.717) is 31.7 Å². The van der Waals surface area contributed by atoms with Crippen LogP contribution < -0.4 is 0 Å². The molecule has 5 nitrogen and oxygen atoms in total. The number of ether oxygens (including phenoxy) is 1. The quantitative estimate of drug-likeness (QED) is 0.784. The van der Waals surface area contributed by atoms with Crippen LogP contribution in [0.25, 0.3) is 0 Å². The van der Waals surface area contributed by atoms with Gasteiger partial charge in [0.05, 0.1) is 19.8 Å². The summed E-state index contributed by atoms with van der Waals surface area (Å²) < 4.78 is 5.33. The number of morpholine rings is 1. The SMILES string of the molecule is O=C(CN1CCCC(N2CCCCCC2)C1)N1CCOCC1. The van der Waals surface area contributed by atoms with Crippen molar-refractivity contribution in [1.82, 2.24) is 14.7 Å². The Labute approximate surface area is 134 Å². The van der Waals surface area contributed by atoms with Gasteiger partial charge in [-0.15, -0.1) is 0 Å². The summed E-state index contributed by atoms with van der Waals surface area (Å²) in [7, 11) is 0. The van der Waals surface area contributed by atoms with Crippen LogP contribution in [0.3, 0.4) is 0 Å². The minimum absolute atomic E-state index is 0.291. The fourth-order valence-corrected chi connectivity index (χ4v) is 4.04. The van der Waals surface area contributed by atoms with E-state index in [-0.39, 0.29) is 0 Å². The van der Waals surface area contributed by atoms with Crippen molar-refractivity contribution in [3.8, 4) is 0 Å². The van der Waals surface area contributed by atoms with Gasteiger partial charge < -0.3 is 9.64 Å². The van der Waals surface area contributed by atoms with Crippen molar-refractivity contribution in [3.05, 3.63) is 0 Å². The van der Waals surface area contributed by atoms with E-state index in [4.69, 9.17) is 4.74 Å². The molecule has 1 amide bonds. The molecule has 22 heavy (non-hydrogen) atoms. The standard InChI is InChI=1S/C17H31N3O2/c21-17(20-10-12-22-13-11-20)15-18-7-5-6-16(14-18)19-8-3-1-2-4-9-19/h16H,1-15H2. The van der Waals surface area contributed by atoms with Gasteiger partial charge in [0.25, 0.3) is 0 Å². The number of likely N-dealkylation sites (tertiary alicyclic amines) is 2. The molecular weight excluding hydrogens is 278 g/mol. The maximum Gasteiger partial charge on any atom is 0.236 e. The van der Waals surface area contributed by atoms with Gasteiger partial charge in [-0.25, -0.2) is 0 Å². The van der Waals surface area contributed by atoms with Gasteiger partial charge in [-0.2, -0.15) is 0 Å². The minimum Gasteiger partial charge on any atom is -0.378 e. The van der Waals surface area contributed by atoms with Crippen LogP contribution in [0.5, 0.6) is 0 Å². The number of carbonyl (C=O) groups excluding carboxylic acids is 1. The smallest absolute Gasteiger partial charge is 0.236 e. The van der Waals surface area contributed by atoms with Gasteiger partial charge in [0.1, 0.15) is 0 Å². The normalized spacial score (nSPS) is 29.3. The molecule has 5 heteroatoms. The Kier molecular flexibility index (Phi) is 6.10. The van der Waals surface area contributed by atoms with E-state index in [0.717, 1.165) is 26.2 Å². The average Bonchev–Trinajstić information content (AvgIpc) is 2.85. The molecule has 3 rings (SSSR count). The van der Waals surface area contributed by atoms with Gasteiger partial charge in [0.2, 0.25) is 5.91 Å². The van der Waals surface area contributed by atoms with E-state index >= 15 is 0 Å². The third-order valence-electron chi connectivity index (χ3n) is 5.36. The second kappa shape index (κ2) is 8.27. The second-order valence-electron chi connectivity index (χ2n) is 6.97. The Morgan fingerprint density at radius 1 is 0.909 bits per heavy atom. The number of amides is 1. The fraction of sp³-hybridized carbons (Fsp3) is 0.941. The summed E-state index contributed by atoms with van der Waals surface area (Å²) in [5.74, 6) is 0.291. The fourth-order valence-electron chi connectivity index (χ4n) is 4.04. The maximum atomic E-state index is 12.4. The third-order valence-corrected chi connectivity index (χ3v) is 5.36. The maximum absolute atomic E-state index is 12.4. The van der Waals surface area contributed by atoms with E-state index in [1.807, 2.05) is 4.90 Å². The zero-order chi connectivity index (χ0) is 15.2. The molecule has 3 aliphatic rings. The first-order chi connectivity index (χ1) is 10.8. The molecule has 3 saturated heterocycles. The number of piperidine rings is 1. The van der Waals surface area contributed by atoms with Crippen LogP contribution in [0.2, 0.25) is 0 Å². The van der Waals surface area contributed by atoms with Gasteiger partial charge in [-0.3, -0.25) is 14.6 Å². The Hall–Kier alpha value is -0.650. The van der Waals surface area contributed by atoms with Crippen molar-refractivity contribution >= 4 is 5.91 Å². The zero-order valence-electron chi connectivity index (χ0n) is 13.8. The summed E-state index contributed by atoms with van der Waals surface area (Å²) in [5, 5.41) is 0. The first-order valence-electron chi connectivity index (χ1n) is 9.15. The van der Waals surface area contributed by atoms with Crippen molar-refractivity contribution in [2.75, 3.05) is 59.0 Å². The van der Waals surface area contributed by atoms with Crippen LogP contribution in [0.1, 0.15) is 38.5 Å². The number of hydrogen-bond acceptors (Lipinski definition) is 4. The molecule has 3 fully saturated rings. The van der Waals surface area contributed by atoms with E-state index in [9.17, 15) is 4.79 Å². The van der Waals surface area contributed by atoms with Crippen molar-refractivity contribution in [2.24, 2.45) is 0 Å². The van der Waals surface area contributed by atoms with Gasteiger partial charge in [0.15, 0.2) is 0 Å². The third kappa shape index (κ3) is 4.43. The van der Waals surface area contributed by atoms with Gasteiger partial charge in [-0.05, 0) is 45.3 Å². The minimum atomic E-state index is 0.291. The summed E-state index contributed by atoms with van der Waals surface area (Å²) in [6, 6.07) is 0.671. The predicted octanol–water partition coefficient (Wildman–Crippen LogP) is 1.19. The van der Waals surface area contributed by atoms with Gasteiger partial charge in [0, 0.05) is 25.7 Å². The topological polar surface area (TPSA) is 36.0 Å². The van der Waals surface area contributed by atoms with Crippen LogP contribution in [-0.2, 0) is 9.53 Å². The Morgan fingerprint density at radius 3 is 2.36 bits per heavy atom. The second-order valence-corrected chi connectivity index (χ2v) is 6.97. The molecule has 0 aromatic carbocycles. The molecule has 0 bridgehead atoms. The average molecular weight is 309 g/mol. The van der Waals surface area contributed by atoms with Crippen LogP contribution >= 0.6 is 0 Å². The van der Waals surface area contributed by atoms with E-state index < -0.39 is 0 Å². The number of carbonyl (C=O) groups is 1. The summed E-state index contributed by atoms with van der Waals surface area (Å²) in [4.78, 5) is 19.5. The van der Waals surface area contributed by atoms with Crippen molar-refractivity contribution < 1.29 is 9.53 Å². The number of rotatable bonds is 3. The molecule has 0 aromatic heterocycles. The summed E-state index contributed by atoms with van der Waals surface area (Å²) in [5.41, 5.74) is 0. The number of hydrogen-bond donors (Lipinski definition) is 0. The molecule has 0 saturated carbocycles.